The molecule has 1 aromatic heterocycles. The molecule has 0 unspecified atom stereocenters. The molecule has 1 heterocycles. The zero-order valence-electron chi connectivity index (χ0n) is 10.0. The lowest BCUT2D eigenvalue weighted by Crippen LogP contribution is -2.19. The molecule has 1 fully saturated rings. The van der Waals surface area contributed by atoms with Crippen LogP contribution in [0, 0.1) is 6.92 Å². The Kier molecular flexibility index (Phi) is 2.48. The van der Waals surface area contributed by atoms with E-state index in [4.69, 9.17) is 0 Å². The monoisotopic (exact) mass is 259 g/mol. The molecular weight excluding hydrogens is 246 g/mol. The fraction of sp³-hybridized carbons (Fsp3) is 0.286. The van der Waals surface area contributed by atoms with Gasteiger partial charge in [-0.15, -0.1) is 11.3 Å². The van der Waals surface area contributed by atoms with Crippen LogP contribution in [-0.4, -0.2) is 16.1 Å². The number of carbonyl (C=O) groups is 1. The molecule has 0 aliphatic heterocycles. The lowest BCUT2D eigenvalue weighted by Gasteiger charge is -2.04. The van der Waals surface area contributed by atoms with E-state index in [-0.39, 0.29) is 0 Å². The van der Waals surface area contributed by atoms with Crippen LogP contribution >= 0.6 is 11.3 Å². The maximum atomic E-state index is 11.2. The van der Waals surface area contributed by atoms with Gasteiger partial charge in [-0.3, -0.25) is 4.79 Å². The largest absolute Gasteiger partial charge is 0.481 e. The molecule has 3 nitrogen and oxygen atoms in total. The average molecular weight is 259 g/mol. The van der Waals surface area contributed by atoms with Crippen molar-refractivity contribution in [1.82, 2.24) is 4.98 Å². The average Bonchev–Trinajstić information content (AvgIpc) is 3.03. The molecule has 3 rings (SSSR count). The molecule has 4 heteroatoms. The van der Waals surface area contributed by atoms with E-state index in [1.165, 1.54) is 16.9 Å². The molecule has 0 amide bonds. The SMILES string of the molecule is Cc1ccc(-c2nc(C3(C(=O)O)CC3)cs2)cc1. The number of thiazole rings is 1. The Labute approximate surface area is 109 Å². The van der Waals surface area contributed by atoms with Gasteiger partial charge in [-0.2, -0.15) is 0 Å². The Balaban J connectivity index is 1.95. The summed E-state index contributed by atoms with van der Waals surface area (Å²) in [5, 5.41) is 12.0. The van der Waals surface area contributed by atoms with Gasteiger partial charge in [0.05, 0.1) is 5.69 Å². The highest BCUT2D eigenvalue weighted by Gasteiger charge is 2.53. The number of hydrogen-bond acceptors (Lipinski definition) is 3. The summed E-state index contributed by atoms with van der Waals surface area (Å²) in [6, 6.07) is 8.14. The van der Waals surface area contributed by atoms with Crippen LogP contribution < -0.4 is 0 Å². The number of carboxylic acid groups (broad SMARTS) is 1. The summed E-state index contributed by atoms with van der Waals surface area (Å²) in [4.78, 5) is 15.7. The van der Waals surface area contributed by atoms with Crippen molar-refractivity contribution in [3.05, 3.63) is 40.9 Å². The van der Waals surface area contributed by atoms with E-state index in [1.54, 1.807) is 0 Å². The lowest BCUT2D eigenvalue weighted by molar-refractivity contribution is -0.140. The third-order valence-corrected chi connectivity index (χ3v) is 4.34. The molecule has 0 spiro atoms. The summed E-state index contributed by atoms with van der Waals surface area (Å²) < 4.78 is 0. The first kappa shape index (κ1) is 11.4. The molecule has 2 aromatic rings. The van der Waals surface area contributed by atoms with Crippen LogP contribution in [0.2, 0.25) is 0 Å². The van der Waals surface area contributed by atoms with Gasteiger partial charge in [-0.25, -0.2) is 4.98 Å². The fourth-order valence-electron chi connectivity index (χ4n) is 2.03. The smallest absolute Gasteiger partial charge is 0.315 e. The molecule has 1 aliphatic carbocycles. The lowest BCUT2D eigenvalue weighted by atomic mass is 10.0. The van der Waals surface area contributed by atoms with Gasteiger partial charge in [0.1, 0.15) is 10.4 Å². The summed E-state index contributed by atoms with van der Waals surface area (Å²) in [6.07, 6.45) is 1.42. The van der Waals surface area contributed by atoms with Crippen molar-refractivity contribution < 1.29 is 9.90 Å². The Morgan fingerprint density at radius 3 is 2.56 bits per heavy atom. The number of benzene rings is 1. The van der Waals surface area contributed by atoms with Gasteiger partial charge in [-0.1, -0.05) is 29.8 Å². The molecule has 0 atom stereocenters. The number of carboxylic acids is 1. The van der Waals surface area contributed by atoms with Gasteiger partial charge in [0.15, 0.2) is 0 Å². The van der Waals surface area contributed by atoms with Crippen molar-refractivity contribution in [2.75, 3.05) is 0 Å². The van der Waals surface area contributed by atoms with E-state index < -0.39 is 11.4 Å². The maximum absolute atomic E-state index is 11.2. The molecule has 0 saturated heterocycles. The molecule has 1 N–H and O–H groups in total. The highest BCUT2D eigenvalue weighted by molar-refractivity contribution is 7.13. The van der Waals surface area contributed by atoms with Crippen LogP contribution in [0.3, 0.4) is 0 Å². The third-order valence-electron chi connectivity index (χ3n) is 3.45. The van der Waals surface area contributed by atoms with Crippen LogP contribution in [0.1, 0.15) is 24.1 Å². The maximum Gasteiger partial charge on any atom is 0.315 e. The predicted octanol–water partition coefficient (Wildman–Crippen LogP) is 3.23. The summed E-state index contributed by atoms with van der Waals surface area (Å²) in [5.74, 6) is -0.747. The molecule has 92 valence electrons. The van der Waals surface area contributed by atoms with Crippen LogP contribution in [-0.2, 0) is 10.2 Å². The normalized spacial score (nSPS) is 16.5. The van der Waals surface area contributed by atoms with E-state index in [0.717, 1.165) is 16.3 Å². The van der Waals surface area contributed by atoms with Crippen LogP contribution in [0.4, 0.5) is 0 Å². The van der Waals surface area contributed by atoms with Gasteiger partial charge in [0.25, 0.3) is 0 Å². The van der Waals surface area contributed by atoms with Crippen molar-refractivity contribution in [2.45, 2.75) is 25.2 Å². The van der Waals surface area contributed by atoms with Gasteiger partial charge in [-0.05, 0) is 19.8 Å². The Bertz CT molecular complexity index is 597. The van der Waals surface area contributed by atoms with Crippen molar-refractivity contribution in [1.29, 1.82) is 0 Å². The second-order valence-electron chi connectivity index (χ2n) is 4.79. The minimum Gasteiger partial charge on any atom is -0.481 e. The zero-order chi connectivity index (χ0) is 12.8. The van der Waals surface area contributed by atoms with Gasteiger partial charge < -0.3 is 5.11 Å². The molecule has 0 bridgehead atoms. The number of aromatic nitrogens is 1. The quantitative estimate of drug-likeness (QED) is 0.920. The molecule has 18 heavy (non-hydrogen) atoms. The van der Waals surface area contributed by atoms with E-state index in [2.05, 4.69) is 4.98 Å². The Morgan fingerprint density at radius 1 is 1.33 bits per heavy atom. The van der Waals surface area contributed by atoms with E-state index in [1.807, 2.05) is 36.6 Å². The minimum absolute atomic E-state index is 0.695. The fourth-order valence-corrected chi connectivity index (χ4v) is 2.95. The van der Waals surface area contributed by atoms with Crippen LogP contribution in [0.5, 0.6) is 0 Å². The minimum atomic E-state index is -0.747. The second kappa shape index (κ2) is 3.92. The van der Waals surface area contributed by atoms with Crippen molar-refractivity contribution in [3.8, 4) is 10.6 Å². The number of rotatable bonds is 3. The summed E-state index contributed by atoms with van der Waals surface area (Å²) in [7, 11) is 0. The number of nitrogens with zero attached hydrogens (tertiary/aromatic N) is 1. The Hall–Kier alpha value is -1.68. The van der Waals surface area contributed by atoms with E-state index >= 15 is 0 Å². The molecule has 1 saturated carbocycles. The van der Waals surface area contributed by atoms with Crippen LogP contribution in [0.25, 0.3) is 10.6 Å². The molecule has 1 aromatic carbocycles. The highest BCUT2D eigenvalue weighted by Crippen LogP contribution is 2.49. The van der Waals surface area contributed by atoms with Gasteiger partial charge >= 0.3 is 5.97 Å². The van der Waals surface area contributed by atoms with Crippen molar-refractivity contribution in [3.63, 3.8) is 0 Å². The first-order chi connectivity index (χ1) is 8.62. The zero-order valence-corrected chi connectivity index (χ0v) is 10.8. The number of aliphatic carboxylic acids is 1. The summed E-state index contributed by atoms with van der Waals surface area (Å²) in [6.45, 7) is 2.04. The topological polar surface area (TPSA) is 50.2 Å². The second-order valence-corrected chi connectivity index (χ2v) is 5.65. The Morgan fingerprint density at radius 2 is 2.00 bits per heavy atom. The predicted molar refractivity (Wildman–Crippen MR) is 70.8 cm³/mol. The first-order valence-electron chi connectivity index (χ1n) is 5.88. The van der Waals surface area contributed by atoms with Gasteiger partial charge in [0, 0.05) is 10.9 Å². The highest BCUT2D eigenvalue weighted by atomic mass is 32.1. The number of hydrogen-bond donors (Lipinski definition) is 1. The third kappa shape index (κ3) is 1.73. The van der Waals surface area contributed by atoms with Crippen LogP contribution in [0.15, 0.2) is 29.6 Å². The first-order valence-corrected chi connectivity index (χ1v) is 6.76. The van der Waals surface area contributed by atoms with Crippen molar-refractivity contribution in [2.24, 2.45) is 0 Å². The standard InChI is InChI=1S/C14H13NO2S/c1-9-2-4-10(5-3-9)12-15-11(8-18-12)14(6-7-14)13(16)17/h2-5,8H,6-7H2,1H3,(H,16,17). The van der Waals surface area contributed by atoms with E-state index in [0.29, 0.717) is 12.8 Å². The summed E-state index contributed by atoms with van der Waals surface area (Å²) >= 11 is 1.52. The van der Waals surface area contributed by atoms with Gasteiger partial charge in [0.2, 0.25) is 0 Å². The number of aryl methyl sites for hydroxylation is 1. The van der Waals surface area contributed by atoms with Crippen molar-refractivity contribution >= 4 is 17.3 Å². The molecular formula is C14H13NO2S. The molecule has 1 aliphatic rings. The van der Waals surface area contributed by atoms with E-state index in [9.17, 15) is 9.90 Å². The molecule has 0 radical (unpaired) electrons. The summed E-state index contributed by atoms with van der Waals surface area (Å²) in [5.41, 5.74) is 2.28.